The van der Waals surface area contributed by atoms with Crippen LogP contribution in [-0.2, 0) is 30.5 Å². The van der Waals surface area contributed by atoms with Gasteiger partial charge in [0.15, 0.2) is 0 Å². The van der Waals surface area contributed by atoms with E-state index in [-0.39, 0.29) is 30.7 Å². The van der Waals surface area contributed by atoms with E-state index in [2.05, 4.69) is 107 Å². The van der Waals surface area contributed by atoms with Gasteiger partial charge in [0.2, 0.25) is 0 Å². The summed E-state index contributed by atoms with van der Waals surface area (Å²) in [7, 11) is -2.85. The molecule has 0 aliphatic heterocycles. The quantitative estimate of drug-likeness (QED) is 0.0996. The summed E-state index contributed by atoms with van der Waals surface area (Å²) in [4.78, 5) is 0. The van der Waals surface area contributed by atoms with E-state index in [9.17, 15) is 13.2 Å². The Balaban J connectivity index is 0. The molecule has 0 spiro atoms. The molecule has 0 saturated heterocycles. The monoisotopic (exact) mass is 781 g/mol. The van der Waals surface area contributed by atoms with Crippen molar-refractivity contribution in [1.82, 2.24) is 0 Å². The third-order valence-corrected chi connectivity index (χ3v) is 10.9. The van der Waals surface area contributed by atoms with Gasteiger partial charge in [0.25, 0.3) is 0 Å². The molecule has 0 fully saturated rings. The van der Waals surface area contributed by atoms with Crippen LogP contribution in [0.25, 0.3) is 11.1 Å². The van der Waals surface area contributed by atoms with E-state index in [1.807, 2.05) is 7.11 Å². The summed E-state index contributed by atoms with van der Waals surface area (Å²) < 4.78 is 69.8. The average molecular weight is 782 g/mol. The number of allylic oxidation sites excluding steroid dienone is 1. The first kappa shape index (κ1) is 46.7. The molecule has 0 amide bonds. The first-order valence-corrected chi connectivity index (χ1v) is 17.8. The normalized spacial score (nSPS) is 12.2. The first-order valence-electron chi connectivity index (χ1n) is 15.0. The number of hydrogen-bond acceptors (Lipinski definition) is 4. The molecule has 0 saturated carbocycles. The Morgan fingerprint density at radius 1 is 0.783 bits per heavy atom. The second-order valence-electron chi connectivity index (χ2n) is 13.7. The van der Waals surface area contributed by atoms with E-state index in [4.69, 9.17) is 29.0 Å². The molecule has 5 nitrogen and oxygen atoms in total. The van der Waals surface area contributed by atoms with Crippen molar-refractivity contribution in [1.29, 1.82) is 0 Å². The van der Waals surface area contributed by atoms with Gasteiger partial charge in [-0.1, -0.05) is 110 Å². The predicted molar refractivity (Wildman–Crippen MR) is 185 cm³/mol. The smallest absolute Gasteiger partial charge is 0.518 e. The minimum Gasteiger partial charge on any atom is -0.518 e. The average Bonchev–Trinajstić information content (AvgIpc) is 2.85. The van der Waals surface area contributed by atoms with Gasteiger partial charge in [0, 0.05) is 31.3 Å². The Hall–Kier alpha value is -1.43. The number of rotatable bonds is 7. The predicted octanol–water partition coefficient (Wildman–Crippen LogP) is 10.8. The first-order chi connectivity index (χ1) is 20.2. The molecule has 0 aliphatic carbocycles. The molecule has 0 bridgehead atoms. The van der Waals surface area contributed by atoms with Crippen LogP contribution < -0.4 is 14.8 Å². The SMILES string of the molecule is COc1ccc(OC)c(P(C(C)(C)C)C(C)(C)C)c1-c1c(C(C)C)cc(C(C)C)cc1C(C)C.O=S(=O)(O)C(F)(F)F.[CH-]=CC.[Pd]. The van der Waals surface area contributed by atoms with Crippen molar-refractivity contribution in [2.24, 2.45) is 0 Å². The fourth-order valence-corrected chi connectivity index (χ4v) is 9.46. The zero-order valence-electron chi connectivity index (χ0n) is 30.1. The van der Waals surface area contributed by atoms with Crippen molar-refractivity contribution >= 4 is 23.3 Å². The van der Waals surface area contributed by atoms with Crippen LogP contribution in [0, 0.1) is 6.58 Å². The topological polar surface area (TPSA) is 72.8 Å². The maximum absolute atomic E-state index is 10.7. The summed E-state index contributed by atoms with van der Waals surface area (Å²) in [5.74, 6) is 3.19. The Morgan fingerprint density at radius 3 is 1.35 bits per heavy atom. The summed E-state index contributed by atoms with van der Waals surface area (Å²) in [5.41, 5.74) is 1.27. The van der Waals surface area contributed by atoms with Gasteiger partial charge in [-0.25, -0.2) is 0 Å². The number of halogens is 3. The molecule has 46 heavy (non-hydrogen) atoms. The molecule has 0 aromatic heterocycles. The molecule has 0 heterocycles. The maximum atomic E-state index is 10.7. The Labute approximate surface area is 292 Å². The van der Waals surface area contributed by atoms with Gasteiger partial charge >= 0.3 is 15.6 Å². The van der Waals surface area contributed by atoms with E-state index < -0.39 is 23.5 Å². The number of ether oxygens (including phenoxy) is 2. The molecule has 1 N–H and O–H groups in total. The van der Waals surface area contributed by atoms with Gasteiger partial charge in [-0.3, -0.25) is 10.6 Å². The minimum absolute atomic E-state index is 0. The second-order valence-corrected chi connectivity index (χ2v) is 18.9. The van der Waals surface area contributed by atoms with Crippen molar-refractivity contribution in [3.8, 4) is 22.6 Å². The fourth-order valence-electron chi connectivity index (χ4n) is 5.27. The summed E-state index contributed by atoms with van der Waals surface area (Å²) in [6.07, 6.45) is 1.50. The van der Waals surface area contributed by atoms with Crippen molar-refractivity contribution in [3.05, 3.63) is 53.6 Å². The molecule has 0 radical (unpaired) electrons. The number of alkyl halides is 3. The number of hydrogen-bond donors (Lipinski definition) is 1. The fraction of sp³-hybridized carbons (Fsp3) is 0.600. The number of benzene rings is 2. The molecule has 2 rings (SSSR count). The third-order valence-electron chi connectivity index (χ3n) is 6.78. The van der Waals surface area contributed by atoms with Gasteiger partial charge < -0.3 is 16.1 Å². The molecule has 0 aliphatic rings. The molecule has 0 atom stereocenters. The minimum atomic E-state index is -5.84. The molecule has 2 aromatic carbocycles. The van der Waals surface area contributed by atoms with Crippen LogP contribution >= 0.6 is 7.92 Å². The van der Waals surface area contributed by atoms with Gasteiger partial charge in [-0.05, 0) is 62.5 Å². The van der Waals surface area contributed by atoms with Gasteiger partial charge in [-0.15, -0.1) is 0 Å². The van der Waals surface area contributed by atoms with Crippen LogP contribution in [0.5, 0.6) is 11.5 Å². The zero-order chi connectivity index (χ0) is 35.9. The van der Waals surface area contributed by atoms with E-state index in [1.165, 1.54) is 39.2 Å². The van der Waals surface area contributed by atoms with Gasteiger partial charge in [0.05, 0.1) is 14.2 Å². The summed E-state index contributed by atoms with van der Waals surface area (Å²) >= 11 is 0. The molecule has 2 aromatic rings. The molecular formula is C35H55F3O5PPdS-. The van der Waals surface area contributed by atoms with E-state index >= 15 is 0 Å². The Morgan fingerprint density at radius 2 is 1.11 bits per heavy atom. The van der Waals surface area contributed by atoms with Crippen LogP contribution in [0.2, 0.25) is 0 Å². The van der Waals surface area contributed by atoms with Crippen LogP contribution in [0.15, 0.2) is 30.3 Å². The van der Waals surface area contributed by atoms with Crippen LogP contribution in [0.1, 0.15) is 124 Å². The van der Waals surface area contributed by atoms with E-state index in [0.717, 1.165) is 11.5 Å². The van der Waals surface area contributed by atoms with Crippen LogP contribution in [0.4, 0.5) is 13.2 Å². The molecule has 0 unspecified atom stereocenters. The van der Waals surface area contributed by atoms with Crippen LogP contribution in [-0.4, -0.2) is 43.0 Å². The summed E-state index contributed by atoms with van der Waals surface area (Å²) in [6.45, 7) is 34.6. The largest absolute Gasteiger partial charge is 0.522 e. The third kappa shape index (κ3) is 12.5. The molecule has 268 valence electrons. The Bertz CT molecular complexity index is 1330. The molecule has 11 heteroatoms. The number of methoxy groups -OCH3 is 2. The van der Waals surface area contributed by atoms with Gasteiger partial charge in [-0.2, -0.15) is 21.6 Å². The standard InChI is InChI=1S/C31H49O2P.C3H5.CHF3O3S.Pd/c1-19(2)22-17-23(20(3)4)27(24(18-22)21(5)6)28-25(32-13)15-16-26(33-14)29(28)34(30(7,8)9)31(10,11)12;1-3-2;2-1(3,4)8(5,6)7;/h15-21H,1-14H3;1,3H,2H3;(H,5,6,7);/q;-1;;. The van der Waals surface area contributed by atoms with E-state index in [0.29, 0.717) is 17.8 Å². The van der Waals surface area contributed by atoms with E-state index in [1.54, 1.807) is 14.0 Å². The summed E-state index contributed by atoms with van der Waals surface area (Å²) in [6, 6.07) is 9.09. The Kier molecular flexibility index (Phi) is 18.6. The van der Waals surface area contributed by atoms with Crippen molar-refractivity contribution in [3.63, 3.8) is 0 Å². The van der Waals surface area contributed by atoms with Crippen LogP contribution in [0.3, 0.4) is 0 Å². The second kappa shape index (κ2) is 18.4. The summed E-state index contributed by atoms with van der Waals surface area (Å²) in [5, 5.41) is 1.52. The van der Waals surface area contributed by atoms with Crippen molar-refractivity contribution in [2.75, 3.05) is 14.2 Å². The maximum Gasteiger partial charge on any atom is 0.522 e. The zero-order valence-corrected chi connectivity index (χ0v) is 33.3. The van der Waals surface area contributed by atoms with Crippen molar-refractivity contribution < 1.29 is 56.0 Å². The van der Waals surface area contributed by atoms with Crippen molar-refractivity contribution in [2.45, 2.75) is 124 Å². The molecular weight excluding hydrogens is 727 g/mol. The van der Waals surface area contributed by atoms with Gasteiger partial charge in [0.1, 0.15) is 11.5 Å².